The Morgan fingerprint density at radius 3 is 1.75 bits per heavy atom. The second-order valence-corrected chi connectivity index (χ2v) is 16.4. The molecule has 0 atom stereocenters. The summed E-state index contributed by atoms with van der Waals surface area (Å²) in [5.74, 6) is 0. The molecule has 1 heterocycles. The Balaban J connectivity index is 1.01. The van der Waals surface area contributed by atoms with E-state index in [1.165, 1.54) is 86.2 Å². The first-order valence-electron chi connectivity index (χ1n) is 19.1. The first-order valence-corrected chi connectivity index (χ1v) is 19.9. The van der Waals surface area contributed by atoms with Crippen LogP contribution >= 0.6 is 11.3 Å². The highest BCUT2D eigenvalue weighted by Crippen LogP contribution is 2.51. The van der Waals surface area contributed by atoms with Crippen LogP contribution in [0.15, 0.2) is 188 Å². The third-order valence-electron chi connectivity index (χ3n) is 11.9. The van der Waals surface area contributed by atoms with Crippen molar-refractivity contribution in [3.63, 3.8) is 0 Å². The van der Waals surface area contributed by atoms with Crippen molar-refractivity contribution < 1.29 is 0 Å². The van der Waals surface area contributed by atoms with Crippen LogP contribution in [-0.2, 0) is 5.41 Å². The van der Waals surface area contributed by atoms with Gasteiger partial charge in [-0.15, -0.1) is 11.3 Å². The van der Waals surface area contributed by atoms with E-state index in [2.05, 4.69) is 207 Å². The van der Waals surface area contributed by atoms with Crippen molar-refractivity contribution in [2.24, 2.45) is 0 Å². The van der Waals surface area contributed by atoms with Crippen LogP contribution in [-0.4, -0.2) is 0 Å². The molecule has 0 N–H and O–H groups in total. The van der Waals surface area contributed by atoms with Crippen molar-refractivity contribution in [1.82, 2.24) is 0 Å². The van der Waals surface area contributed by atoms with Gasteiger partial charge in [-0.2, -0.15) is 0 Å². The van der Waals surface area contributed by atoms with E-state index < -0.39 is 0 Å². The molecule has 11 rings (SSSR count). The summed E-state index contributed by atoms with van der Waals surface area (Å²) < 4.78 is 2.69. The van der Waals surface area contributed by atoms with E-state index >= 15 is 0 Å². The molecule has 1 aliphatic carbocycles. The van der Waals surface area contributed by atoms with Gasteiger partial charge < -0.3 is 4.90 Å². The summed E-state index contributed by atoms with van der Waals surface area (Å²) in [5.41, 5.74) is 13.6. The SMILES string of the molecule is CC1(C)c2ccccc2-c2cc(N(c3ccc(-c4ccc5ccccc5c4)cc3)c3ccc(-c4ccc5ccc6c7ccccc7sc6c5c4)cc3)ccc21. The molecule has 9 aromatic carbocycles. The predicted octanol–water partition coefficient (Wildman–Crippen LogP) is 15.5. The van der Waals surface area contributed by atoms with Crippen LogP contribution in [0.2, 0.25) is 0 Å². The topological polar surface area (TPSA) is 3.24 Å². The number of fused-ring (bicyclic) bond motifs is 9. The molecule has 0 unspecified atom stereocenters. The molecule has 1 aromatic heterocycles. The van der Waals surface area contributed by atoms with Crippen LogP contribution in [0, 0.1) is 0 Å². The standard InChI is InChI=1S/C53H37NS/c1-53(2)49-13-7-5-11-44(49)48-33-43(28-30-50(48)53)54(41-24-19-35(20-25-41)39-17-15-34-9-3-4-10-38(34)31-39)42-26-21-36(22-27-42)40-18-16-37-23-29-46-45-12-6-8-14-51(45)55-52(46)47(37)32-40/h3-33H,1-2H3. The van der Waals surface area contributed by atoms with Crippen LogP contribution < -0.4 is 4.90 Å². The van der Waals surface area contributed by atoms with Gasteiger partial charge in [-0.3, -0.25) is 0 Å². The molecule has 0 saturated heterocycles. The van der Waals surface area contributed by atoms with Crippen molar-refractivity contribution in [3.8, 4) is 33.4 Å². The number of anilines is 3. The molecule has 1 aliphatic rings. The van der Waals surface area contributed by atoms with E-state index in [-0.39, 0.29) is 5.41 Å². The zero-order valence-corrected chi connectivity index (χ0v) is 31.6. The highest BCUT2D eigenvalue weighted by atomic mass is 32.1. The van der Waals surface area contributed by atoms with Crippen molar-refractivity contribution in [3.05, 3.63) is 199 Å². The maximum Gasteiger partial charge on any atom is 0.0468 e. The zero-order chi connectivity index (χ0) is 36.7. The number of nitrogens with zero attached hydrogens (tertiary/aromatic N) is 1. The minimum atomic E-state index is -0.0420. The normalized spacial score (nSPS) is 13.1. The minimum absolute atomic E-state index is 0.0420. The molecule has 0 aliphatic heterocycles. The molecule has 2 heteroatoms. The van der Waals surface area contributed by atoms with Crippen LogP contribution in [0.25, 0.3) is 75.1 Å². The molecular weight excluding hydrogens is 683 g/mol. The number of benzene rings is 9. The third-order valence-corrected chi connectivity index (χ3v) is 13.1. The van der Waals surface area contributed by atoms with E-state index in [0.717, 1.165) is 17.1 Å². The fourth-order valence-corrected chi connectivity index (χ4v) is 10.2. The molecule has 10 aromatic rings. The lowest BCUT2D eigenvalue weighted by molar-refractivity contribution is 0.660. The number of rotatable bonds is 5. The largest absolute Gasteiger partial charge is 0.310 e. The van der Waals surface area contributed by atoms with Crippen LogP contribution in [0.5, 0.6) is 0 Å². The molecule has 0 saturated carbocycles. The van der Waals surface area contributed by atoms with E-state index in [4.69, 9.17) is 0 Å². The monoisotopic (exact) mass is 719 g/mol. The van der Waals surface area contributed by atoms with E-state index in [0.29, 0.717) is 0 Å². The molecule has 260 valence electrons. The van der Waals surface area contributed by atoms with E-state index in [1.807, 2.05) is 11.3 Å². The van der Waals surface area contributed by atoms with E-state index in [9.17, 15) is 0 Å². The first kappa shape index (κ1) is 32.0. The van der Waals surface area contributed by atoms with E-state index in [1.54, 1.807) is 0 Å². The predicted molar refractivity (Wildman–Crippen MR) is 237 cm³/mol. The van der Waals surface area contributed by atoms with Gasteiger partial charge in [-0.1, -0.05) is 147 Å². The Morgan fingerprint density at radius 2 is 0.964 bits per heavy atom. The van der Waals surface area contributed by atoms with Crippen molar-refractivity contribution in [2.75, 3.05) is 4.90 Å². The lowest BCUT2D eigenvalue weighted by atomic mass is 9.82. The van der Waals surface area contributed by atoms with Gasteiger partial charge in [0.15, 0.2) is 0 Å². The summed E-state index contributed by atoms with van der Waals surface area (Å²) in [6.07, 6.45) is 0. The number of hydrogen-bond donors (Lipinski definition) is 0. The van der Waals surface area contributed by atoms with Crippen molar-refractivity contribution in [1.29, 1.82) is 0 Å². The summed E-state index contributed by atoms with van der Waals surface area (Å²) in [4.78, 5) is 2.41. The van der Waals surface area contributed by atoms with Gasteiger partial charge >= 0.3 is 0 Å². The quantitative estimate of drug-likeness (QED) is 0.171. The fourth-order valence-electron chi connectivity index (χ4n) is 8.95. The Bertz CT molecular complexity index is 3110. The highest BCUT2D eigenvalue weighted by Gasteiger charge is 2.35. The maximum absolute atomic E-state index is 2.41. The summed E-state index contributed by atoms with van der Waals surface area (Å²) in [5, 5.41) is 7.78. The average molecular weight is 720 g/mol. The molecule has 55 heavy (non-hydrogen) atoms. The van der Waals surface area contributed by atoms with Gasteiger partial charge in [0.05, 0.1) is 0 Å². The Morgan fingerprint density at radius 1 is 0.382 bits per heavy atom. The average Bonchev–Trinajstić information content (AvgIpc) is 3.73. The molecule has 0 radical (unpaired) electrons. The lowest BCUT2D eigenvalue weighted by Gasteiger charge is -2.27. The minimum Gasteiger partial charge on any atom is -0.310 e. The summed E-state index contributed by atoms with van der Waals surface area (Å²) in [7, 11) is 0. The van der Waals surface area contributed by atoms with Crippen molar-refractivity contribution in [2.45, 2.75) is 19.3 Å². The van der Waals surface area contributed by atoms with Gasteiger partial charge in [0.25, 0.3) is 0 Å². The van der Waals surface area contributed by atoms with Crippen LogP contribution in [0.3, 0.4) is 0 Å². The van der Waals surface area contributed by atoms with Crippen LogP contribution in [0.4, 0.5) is 17.1 Å². The number of hydrogen-bond acceptors (Lipinski definition) is 2. The molecule has 0 fully saturated rings. The van der Waals surface area contributed by atoms with Crippen LogP contribution in [0.1, 0.15) is 25.0 Å². The molecule has 1 nitrogen and oxygen atoms in total. The lowest BCUT2D eigenvalue weighted by Crippen LogP contribution is -2.15. The summed E-state index contributed by atoms with van der Waals surface area (Å²) in [6, 6.07) is 69.6. The molecule has 0 amide bonds. The maximum atomic E-state index is 2.41. The van der Waals surface area contributed by atoms with Gasteiger partial charge in [0, 0.05) is 48.0 Å². The fraction of sp³-hybridized carbons (Fsp3) is 0.0566. The second kappa shape index (κ2) is 12.3. The molecule has 0 bridgehead atoms. The van der Waals surface area contributed by atoms with Gasteiger partial charge in [-0.25, -0.2) is 0 Å². The first-order chi connectivity index (χ1) is 27.0. The Labute approximate surface area is 325 Å². The van der Waals surface area contributed by atoms with Gasteiger partial charge in [-0.05, 0) is 115 Å². The highest BCUT2D eigenvalue weighted by molar-refractivity contribution is 7.26. The van der Waals surface area contributed by atoms with Crippen molar-refractivity contribution >= 4 is 70.1 Å². The third kappa shape index (κ3) is 5.13. The van der Waals surface area contributed by atoms with Gasteiger partial charge in [0.2, 0.25) is 0 Å². The smallest absolute Gasteiger partial charge is 0.0468 e. The Kier molecular flexibility index (Phi) is 7.14. The number of thiophene rings is 1. The second-order valence-electron chi connectivity index (χ2n) is 15.4. The molecular formula is C53H37NS. The molecule has 0 spiro atoms. The summed E-state index contributed by atoms with van der Waals surface area (Å²) >= 11 is 1.89. The van der Waals surface area contributed by atoms with Gasteiger partial charge in [0.1, 0.15) is 0 Å². The summed E-state index contributed by atoms with van der Waals surface area (Å²) in [6.45, 7) is 4.69. The zero-order valence-electron chi connectivity index (χ0n) is 30.8. The Hall–Kier alpha value is -6.48.